The molecule has 2 aliphatic heterocycles. The number of esters is 2. The zero-order valence-electron chi connectivity index (χ0n) is 13.7. The molecule has 0 unspecified atom stereocenters. The van der Waals surface area contributed by atoms with Gasteiger partial charge in [0, 0.05) is 13.8 Å². The molecule has 2 aliphatic rings. The molecule has 1 saturated heterocycles. The van der Waals surface area contributed by atoms with Crippen LogP contribution in [0.2, 0.25) is 0 Å². The molecule has 0 radical (unpaired) electrons. The molecule has 0 saturated carbocycles. The van der Waals surface area contributed by atoms with Crippen molar-refractivity contribution in [2.45, 2.75) is 26.1 Å². The van der Waals surface area contributed by atoms with E-state index in [2.05, 4.69) is 0 Å². The van der Waals surface area contributed by atoms with Crippen molar-refractivity contribution in [1.82, 2.24) is 0 Å². The first-order chi connectivity index (χ1) is 11.3. The van der Waals surface area contributed by atoms with E-state index >= 15 is 0 Å². The van der Waals surface area contributed by atoms with Crippen LogP contribution in [0, 0.1) is 11.8 Å². The average Bonchev–Trinajstić information content (AvgIpc) is 2.51. The van der Waals surface area contributed by atoms with Crippen LogP contribution in [-0.4, -0.2) is 37.2 Å². The highest BCUT2D eigenvalue weighted by Crippen LogP contribution is 2.33. The van der Waals surface area contributed by atoms with Crippen LogP contribution < -0.4 is 9.47 Å². The molecular weight excluding hydrogens is 316 g/mol. The van der Waals surface area contributed by atoms with Gasteiger partial charge >= 0.3 is 11.9 Å². The van der Waals surface area contributed by atoms with E-state index in [1.54, 1.807) is 25.3 Å². The van der Waals surface area contributed by atoms with Crippen molar-refractivity contribution in [1.29, 1.82) is 0 Å². The van der Waals surface area contributed by atoms with Crippen LogP contribution in [-0.2, 0) is 30.3 Å². The van der Waals surface area contributed by atoms with Gasteiger partial charge in [0.25, 0.3) is 5.79 Å². The molecule has 1 atom stereocenters. The van der Waals surface area contributed by atoms with Gasteiger partial charge in [0.15, 0.2) is 5.78 Å². The molecule has 128 valence electrons. The van der Waals surface area contributed by atoms with Crippen LogP contribution in [0.3, 0.4) is 0 Å². The fourth-order valence-corrected chi connectivity index (χ4v) is 2.87. The number of fused-ring (bicyclic) bond motifs is 1. The molecule has 2 heterocycles. The Balaban J connectivity index is 1.79. The molecule has 0 amide bonds. The summed E-state index contributed by atoms with van der Waals surface area (Å²) < 4.78 is 20.8. The average molecular weight is 334 g/mol. The number of cyclic esters (lactones) is 2. The lowest BCUT2D eigenvalue weighted by atomic mass is 9.86. The van der Waals surface area contributed by atoms with E-state index in [0.29, 0.717) is 17.9 Å². The lowest BCUT2D eigenvalue weighted by Gasteiger charge is -2.34. The fourth-order valence-electron chi connectivity index (χ4n) is 2.87. The fraction of sp³-hybridized carbons (Fsp3) is 0.471. The first-order valence-electron chi connectivity index (χ1n) is 7.60. The lowest BCUT2D eigenvalue weighted by molar-refractivity contribution is -0.238. The summed E-state index contributed by atoms with van der Waals surface area (Å²) in [5.74, 6) is -4.54. The molecule has 0 bridgehead atoms. The number of ketones is 1. The molecule has 1 aromatic rings. The maximum absolute atomic E-state index is 12.6. The number of ether oxygens (including phenoxy) is 4. The predicted octanol–water partition coefficient (Wildman–Crippen LogP) is 1.27. The third-order valence-corrected chi connectivity index (χ3v) is 4.03. The number of Topliss-reactive ketones (excluding diaryl/α,β-unsaturated/α-hetero) is 1. The minimum atomic E-state index is -1.56. The summed E-state index contributed by atoms with van der Waals surface area (Å²) in [6, 6.07) is 5.30. The number of carbonyl (C=O) groups is 3. The summed E-state index contributed by atoms with van der Waals surface area (Å²) in [5, 5.41) is 0. The standard InChI is InChI=1S/C17H18O7/c1-17(2)23-15(19)13(16(20)24-17)14(18)10-6-9-7-11(21-3)4-5-12(9)22-8-10/h4-5,7,10,13H,6,8H2,1-3H3/t10-/m1/s1. The third-order valence-electron chi connectivity index (χ3n) is 4.03. The lowest BCUT2D eigenvalue weighted by Crippen LogP contribution is -2.51. The maximum atomic E-state index is 12.6. The monoisotopic (exact) mass is 334 g/mol. The largest absolute Gasteiger partial charge is 0.497 e. The quantitative estimate of drug-likeness (QED) is 0.607. The minimum absolute atomic E-state index is 0.0958. The van der Waals surface area contributed by atoms with Gasteiger partial charge in [0.05, 0.1) is 19.6 Å². The van der Waals surface area contributed by atoms with Gasteiger partial charge in [0.1, 0.15) is 11.5 Å². The van der Waals surface area contributed by atoms with Crippen LogP contribution in [0.25, 0.3) is 0 Å². The molecule has 1 fully saturated rings. The van der Waals surface area contributed by atoms with E-state index in [0.717, 1.165) is 5.56 Å². The van der Waals surface area contributed by atoms with E-state index in [9.17, 15) is 14.4 Å². The summed E-state index contributed by atoms with van der Waals surface area (Å²) in [6.45, 7) is 2.98. The van der Waals surface area contributed by atoms with E-state index < -0.39 is 35.3 Å². The topological polar surface area (TPSA) is 88.1 Å². The first-order valence-corrected chi connectivity index (χ1v) is 7.60. The summed E-state index contributed by atoms with van der Waals surface area (Å²) in [7, 11) is 1.55. The molecule has 0 N–H and O–H groups in total. The first kappa shape index (κ1) is 16.3. The summed E-state index contributed by atoms with van der Waals surface area (Å²) in [6.07, 6.45) is 0.353. The summed E-state index contributed by atoms with van der Waals surface area (Å²) in [5.41, 5.74) is 0.789. The van der Waals surface area contributed by atoms with Crippen molar-refractivity contribution >= 4 is 17.7 Å². The Bertz CT molecular complexity index is 687. The van der Waals surface area contributed by atoms with Crippen LogP contribution in [0.1, 0.15) is 19.4 Å². The van der Waals surface area contributed by atoms with Crippen molar-refractivity contribution in [3.63, 3.8) is 0 Å². The Morgan fingerprint density at radius 1 is 1.21 bits per heavy atom. The highest BCUT2D eigenvalue weighted by atomic mass is 16.7. The Labute approximate surface area is 138 Å². The number of hydrogen-bond donors (Lipinski definition) is 0. The van der Waals surface area contributed by atoms with Gasteiger partial charge in [-0.1, -0.05) is 0 Å². The molecule has 7 heteroatoms. The molecule has 0 aromatic heterocycles. The molecule has 3 rings (SSSR count). The van der Waals surface area contributed by atoms with Gasteiger partial charge < -0.3 is 18.9 Å². The third kappa shape index (κ3) is 2.93. The van der Waals surface area contributed by atoms with E-state index in [1.165, 1.54) is 13.8 Å². The number of rotatable bonds is 3. The van der Waals surface area contributed by atoms with Crippen LogP contribution in [0.5, 0.6) is 11.5 Å². The minimum Gasteiger partial charge on any atom is -0.497 e. The van der Waals surface area contributed by atoms with Crippen molar-refractivity contribution in [2.75, 3.05) is 13.7 Å². The van der Waals surface area contributed by atoms with Crippen molar-refractivity contribution in [3.8, 4) is 11.5 Å². The number of carbonyl (C=O) groups excluding carboxylic acids is 3. The Kier molecular flexibility index (Phi) is 3.95. The van der Waals surface area contributed by atoms with Crippen molar-refractivity contribution in [2.24, 2.45) is 11.8 Å². The normalized spacial score (nSPS) is 22.7. The second-order valence-corrected chi connectivity index (χ2v) is 6.26. The molecular formula is C17H18O7. The molecule has 7 nitrogen and oxygen atoms in total. The predicted molar refractivity (Wildman–Crippen MR) is 80.4 cm³/mol. The Hall–Kier alpha value is -2.57. The molecule has 24 heavy (non-hydrogen) atoms. The van der Waals surface area contributed by atoms with Gasteiger partial charge in [-0.05, 0) is 30.2 Å². The number of benzene rings is 1. The molecule has 0 spiro atoms. The van der Waals surface area contributed by atoms with Gasteiger partial charge in [-0.25, -0.2) is 0 Å². The van der Waals surface area contributed by atoms with E-state index in [1.807, 2.05) is 0 Å². The second-order valence-electron chi connectivity index (χ2n) is 6.26. The highest BCUT2D eigenvalue weighted by molar-refractivity contribution is 6.16. The zero-order valence-corrected chi connectivity index (χ0v) is 13.7. The summed E-state index contributed by atoms with van der Waals surface area (Å²) in [4.78, 5) is 36.7. The second kappa shape index (κ2) is 5.81. The maximum Gasteiger partial charge on any atom is 0.331 e. The van der Waals surface area contributed by atoms with Crippen LogP contribution in [0.15, 0.2) is 18.2 Å². The molecule has 0 aliphatic carbocycles. The smallest absolute Gasteiger partial charge is 0.331 e. The number of hydrogen-bond acceptors (Lipinski definition) is 7. The van der Waals surface area contributed by atoms with Gasteiger partial charge in [-0.15, -0.1) is 0 Å². The van der Waals surface area contributed by atoms with Gasteiger partial charge in [-0.3, -0.25) is 14.4 Å². The zero-order chi connectivity index (χ0) is 17.5. The van der Waals surface area contributed by atoms with Crippen molar-refractivity contribution < 1.29 is 33.3 Å². The van der Waals surface area contributed by atoms with Crippen molar-refractivity contribution in [3.05, 3.63) is 23.8 Å². The molecule has 1 aromatic carbocycles. The van der Waals surface area contributed by atoms with Crippen LogP contribution >= 0.6 is 0 Å². The summed E-state index contributed by atoms with van der Waals surface area (Å²) >= 11 is 0. The highest BCUT2D eigenvalue weighted by Gasteiger charge is 2.49. The SMILES string of the molecule is COc1ccc2c(c1)C[C@@H](C(=O)C1C(=O)OC(C)(C)OC1=O)CO2. The van der Waals surface area contributed by atoms with Gasteiger partial charge in [0.2, 0.25) is 5.92 Å². The van der Waals surface area contributed by atoms with Gasteiger partial charge in [-0.2, -0.15) is 0 Å². The van der Waals surface area contributed by atoms with E-state index in [4.69, 9.17) is 18.9 Å². The Morgan fingerprint density at radius 2 is 1.88 bits per heavy atom. The number of methoxy groups -OCH3 is 1. The van der Waals surface area contributed by atoms with Crippen LogP contribution in [0.4, 0.5) is 0 Å². The van der Waals surface area contributed by atoms with E-state index in [-0.39, 0.29) is 6.61 Å². The Morgan fingerprint density at radius 3 is 2.50 bits per heavy atom.